The summed E-state index contributed by atoms with van der Waals surface area (Å²) in [5.41, 5.74) is 0.790. The molecule has 8 heteroatoms. The fourth-order valence-electron chi connectivity index (χ4n) is 3.40. The summed E-state index contributed by atoms with van der Waals surface area (Å²) in [5.74, 6) is -0.190. The minimum Gasteiger partial charge on any atom is -0.342 e. The molecule has 0 spiro atoms. The predicted octanol–water partition coefficient (Wildman–Crippen LogP) is 4.59. The number of halogens is 2. The molecule has 0 radical (unpaired) electrons. The van der Waals surface area contributed by atoms with Gasteiger partial charge in [-0.25, -0.2) is 8.42 Å². The molecule has 0 unspecified atom stereocenters. The van der Waals surface area contributed by atoms with E-state index < -0.39 is 10.0 Å². The Hall–Kier alpha value is -1.60. The molecular weight excluding hydrogens is 431 g/mol. The molecule has 2 aromatic carbocycles. The lowest BCUT2D eigenvalue weighted by Gasteiger charge is -2.27. The van der Waals surface area contributed by atoms with Gasteiger partial charge in [0, 0.05) is 24.7 Å². The summed E-state index contributed by atoms with van der Waals surface area (Å²) < 4.78 is 28.0. The summed E-state index contributed by atoms with van der Waals surface area (Å²) in [6.07, 6.45) is 4.07. The van der Waals surface area contributed by atoms with Crippen LogP contribution in [0.5, 0.6) is 0 Å². The van der Waals surface area contributed by atoms with Crippen molar-refractivity contribution in [1.29, 1.82) is 0 Å². The van der Waals surface area contributed by atoms with Crippen molar-refractivity contribution in [1.82, 2.24) is 9.21 Å². The van der Waals surface area contributed by atoms with E-state index in [-0.39, 0.29) is 33.9 Å². The summed E-state index contributed by atoms with van der Waals surface area (Å²) in [6, 6.07) is 13.5. The molecule has 0 N–H and O–H groups in total. The zero-order valence-electron chi connectivity index (χ0n) is 16.1. The first-order chi connectivity index (χ1) is 13.9. The first kappa shape index (κ1) is 22.1. The van der Waals surface area contributed by atoms with Crippen LogP contribution in [0, 0.1) is 0 Å². The molecule has 0 aliphatic carbocycles. The van der Waals surface area contributed by atoms with Crippen LogP contribution in [0.15, 0.2) is 53.4 Å². The van der Waals surface area contributed by atoms with Crippen LogP contribution in [0.25, 0.3) is 0 Å². The summed E-state index contributed by atoms with van der Waals surface area (Å²) in [5, 5.41) is 0.348. The average Bonchev–Trinajstić information content (AvgIpc) is 2.99. The Labute approximate surface area is 182 Å². The molecule has 0 atom stereocenters. The van der Waals surface area contributed by atoms with Crippen LogP contribution in [-0.2, 0) is 21.4 Å². The second-order valence-electron chi connectivity index (χ2n) is 7.13. The highest BCUT2D eigenvalue weighted by Crippen LogP contribution is 2.28. The number of amides is 1. The van der Waals surface area contributed by atoms with Gasteiger partial charge in [0.1, 0.15) is 4.90 Å². The maximum absolute atomic E-state index is 13.4. The number of rotatable bonds is 6. The zero-order valence-corrected chi connectivity index (χ0v) is 18.4. The van der Waals surface area contributed by atoms with Gasteiger partial charge in [0.05, 0.1) is 11.6 Å². The molecule has 3 rings (SSSR count). The van der Waals surface area contributed by atoms with Gasteiger partial charge in [-0.05, 0) is 36.6 Å². The number of nitrogens with zero attached hydrogens (tertiary/aromatic N) is 2. The van der Waals surface area contributed by atoms with Crippen LogP contribution in [0.4, 0.5) is 0 Å². The minimum absolute atomic E-state index is 0.0750. The number of carbonyl (C=O) groups is 1. The summed E-state index contributed by atoms with van der Waals surface area (Å²) >= 11 is 12.2. The number of hydrogen-bond donors (Lipinski definition) is 0. The molecule has 1 heterocycles. The fraction of sp³-hybridized carbons (Fsp3) is 0.381. The molecule has 1 saturated heterocycles. The SMILES string of the molecule is O=C(CN(Cc1ccccc1)S(=O)(=O)c1cc(Cl)ccc1Cl)N1CCCCCC1. The second-order valence-corrected chi connectivity index (χ2v) is 9.88. The van der Waals surface area contributed by atoms with E-state index in [4.69, 9.17) is 23.2 Å². The Morgan fingerprint density at radius 1 is 0.966 bits per heavy atom. The molecule has 156 valence electrons. The first-order valence-electron chi connectivity index (χ1n) is 9.65. The lowest BCUT2D eigenvalue weighted by molar-refractivity contribution is -0.131. The molecule has 0 aromatic heterocycles. The lowest BCUT2D eigenvalue weighted by Crippen LogP contribution is -2.43. The summed E-state index contributed by atoms with van der Waals surface area (Å²) in [4.78, 5) is 14.6. The fourth-order valence-corrected chi connectivity index (χ4v) is 5.51. The molecule has 5 nitrogen and oxygen atoms in total. The number of benzene rings is 2. The van der Waals surface area contributed by atoms with E-state index in [1.807, 2.05) is 30.3 Å². The van der Waals surface area contributed by atoms with E-state index >= 15 is 0 Å². The normalized spacial score (nSPS) is 15.3. The number of likely N-dealkylation sites (tertiary alicyclic amines) is 1. The van der Waals surface area contributed by atoms with Gasteiger partial charge >= 0.3 is 0 Å². The third-order valence-electron chi connectivity index (χ3n) is 4.98. The van der Waals surface area contributed by atoms with Gasteiger partial charge in [-0.1, -0.05) is 66.4 Å². The van der Waals surface area contributed by atoms with Crippen LogP contribution in [0.3, 0.4) is 0 Å². The van der Waals surface area contributed by atoms with E-state index in [1.165, 1.54) is 22.5 Å². The van der Waals surface area contributed by atoms with Crippen molar-refractivity contribution in [3.8, 4) is 0 Å². The third kappa shape index (κ3) is 5.72. The summed E-state index contributed by atoms with van der Waals surface area (Å²) in [7, 11) is -4.03. The minimum atomic E-state index is -4.03. The molecule has 0 saturated carbocycles. The summed E-state index contributed by atoms with van der Waals surface area (Å²) in [6.45, 7) is 1.16. The van der Waals surface area contributed by atoms with Crippen molar-refractivity contribution in [3.05, 3.63) is 64.1 Å². The smallest absolute Gasteiger partial charge is 0.245 e. The van der Waals surface area contributed by atoms with Crippen molar-refractivity contribution in [3.63, 3.8) is 0 Å². The number of sulfonamides is 1. The Kier molecular flexibility index (Phi) is 7.57. The number of hydrogen-bond acceptors (Lipinski definition) is 3. The van der Waals surface area contributed by atoms with Gasteiger partial charge < -0.3 is 4.90 Å². The molecular formula is C21H24Cl2N2O3S. The van der Waals surface area contributed by atoms with Gasteiger partial charge in [0.25, 0.3) is 0 Å². The monoisotopic (exact) mass is 454 g/mol. The highest BCUT2D eigenvalue weighted by atomic mass is 35.5. The van der Waals surface area contributed by atoms with Gasteiger partial charge in [0.15, 0.2) is 0 Å². The van der Waals surface area contributed by atoms with Gasteiger partial charge in [-0.15, -0.1) is 0 Å². The predicted molar refractivity (Wildman–Crippen MR) is 116 cm³/mol. The highest BCUT2D eigenvalue weighted by Gasteiger charge is 2.30. The molecule has 1 fully saturated rings. The number of carbonyl (C=O) groups excluding carboxylic acids is 1. The van der Waals surface area contributed by atoms with E-state index in [1.54, 1.807) is 4.90 Å². The van der Waals surface area contributed by atoms with Crippen LogP contribution in [0.1, 0.15) is 31.2 Å². The average molecular weight is 455 g/mol. The molecule has 2 aromatic rings. The van der Waals surface area contributed by atoms with Crippen molar-refractivity contribution in [2.24, 2.45) is 0 Å². The Bertz CT molecular complexity index is 944. The van der Waals surface area contributed by atoms with E-state index in [0.717, 1.165) is 31.2 Å². The third-order valence-corrected chi connectivity index (χ3v) is 7.49. The Balaban J connectivity index is 1.91. The maximum atomic E-state index is 13.4. The van der Waals surface area contributed by atoms with Gasteiger partial charge in [-0.3, -0.25) is 4.79 Å². The second kappa shape index (κ2) is 9.94. The Morgan fingerprint density at radius 3 is 2.28 bits per heavy atom. The molecule has 1 aliphatic rings. The van der Waals surface area contributed by atoms with Crippen LogP contribution < -0.4 is 0 Å². The molecule has 1 aliphatic heterocycles. The van der Waals surface area contributed by atoms with Crippen LogP contribution in [-0.4, -0.2) is 43.2 Å². The maximum Gasteiger partial charge on any atom is 0.245 e. The van der Waals surface area contributed by atoms with Crippen LogP contribution >= 0.6 is 23.2 Å². The molecule has 0 bridgehead atoms. The van der Waals surface area contributed by atoms with E-state index in [2.05, 4.69) is 0 Å². The molecule has 1 amide bonds. The largest absolute Gasteiger partial charge is 0.342 e. The lowest BCUT2D eigenvalue weighted by atomic mass is 10.2. The molecule has 29 heavy (non-hydrogen) atoms. The van der Waals surface area contributed by atoms with Crippen molar-refractivity contribution in [2.75, 3.05) is 19.6 Å². The van der Waals surface area contributed by atoms with Gasteiger partial charge in [-0.2, -0.15) is 4.31 Å². The van der Waals surface area contributed by atoms with Gasteiger partial charge in [0.2, 0.25) is 15.9 Å². The standard InChI is InChI=1S/C21H24Cl2N2O3S/c22-18-10-11-19(23)20(14-18)29(27,28)25(15-17-8-4-3-5-9-17)16-21(26)24-12-6-1-2-7-13-24/h3-5,8-11,14H,1-2,6-7,12-13,15-16H2. The quantitative estimate of drug-likeness (QED) is 0.641. The zero-order chi connectivity index (χ0) is 20.9. The topological polar surface area (TPSA) is 57.7 Å². The Morgan fingerprint density at radius 2 is 1.62 bits per heavy atom. The van der Waals surface area contributed by atoms with Crippen LogP contribution in [0.2, 0.25) is 10.0 Å². The van der Waals surface area contributed by atoms with Crippen molar-refractivity contribution in [2.45, 2.75) is 37.1 Å². The van der Waals surface area contributed by atoms with E-state index in [9.17, 15) is 13.2 Å². The van der Waals surface area contributed by atoms with Crippen molar-refractivity contribution < 1.29 is 13.2 Å². The highest BCUT2D eigenvalue weighted by molar-refractivity contribution is 7.89. The first-order valence-corrected chi connectivity index (χ1v) is 11.8. The van der Waals surface area contributed by atoms with E-state index in [0.29, 0.717) is 13.1 Å². The van der Waals surface area contributed by atoms with Crippen molar-refractivity contribution >= 4 is 39.1 Å².